The maximum Gasteiger partial charge on any atom is 0.224 e. The van der Waals surface area contributed by atoms with E-state index in [0.717, 1.165) is 11.0 Å². The van der Waals surface area contributed by atoms with Crippen LogP contribution in [0.25, 0.3) is 0 Å². The highest BCUT2D eigenvalue weighted by molar-refractivity contribution is 4.98. The summed E-state index contributed by atoms with van der Waals surface area (Å²) >= 11 is 0. The summed E-state index contributed by atoms with van der Waals surface area (Å²) in [6.07, 6.45) is -21.8. The zero-order valence-corrected chi connectivity index (χ0v) is 24.2. The van der Waals surface area contributed by atoms with Crippen molar-refractivity contribution in [2.24, 2.45) is 0 Å². The number of hydrogen-bond donors (Lipinski definition) is 12. The minimum Gasteiger partial charge on any atom is -1.00 e. The fraction of sp³-hybridized carbons (Fsp3) is 1.00. The smallest absolute Gasteiger partial charge is 0.224 e. The second kappa shape index (κ2) is 16.8. The second-order valence-corrected chi connectivity index (χ2v) is 11.1. The summed E-state index contributed by atoms with van der Waals surface area (Å²) in [6.45, 7) is -2.03. The highest BCUT2D eigenvalue weighted by Crippen LogP contribution is 2.36. The van der Waals surface area contributed by atoms with Crippen molar-refractivity contribution >= 4 is 0 Å². The van der Waals surface area contributed by atoms with E-state index >= 15 is 0 Å². The molecule has 3 rings (SSSR count). The van der Waals surface area contributed by atoms with Crippen LogP contribution >= 0.6 is 0 Å². The summed E-state index contributed by atoms with van der Waals surface area (Å²) in [5.74, 6) is -2.36. The molecule has 12 N–H and O–H groups in total. The molecule has 0 aliphatic carbocycles. The molecule has 0 aromatic heterocycles. The van der Waals surface area contributed by atoms with E-state index in [0.29, 0.717) is 0 Å². The Morgan fingerprint density at radius 1 is 0.643 bits per heavy atom. The van der Waals surface area contributed by atoms with Crippen molar-refractivity contribution < 1.29 is 102 Å². The Hall–Kier alpha value is -0.430. The number of ether oxygens (including phenoxy) is 5. The number of halogens is 1. The molecule has 14 atom stereocenters. The molecule has 3 aliphatic rings. The lowest BCUT2D eigenvalue weighted by Gasteiger charge is -2.44. The van der Waals surface area contributed by atoms with Gasteiger partial charge in [-0.2, -0.15) is 0 Å². The number of hydrogen-bond acceptors (Lipinski definition) is 17. The van der Waals surface area contributed by atoms with Gasteiger partial charge in [0.05, 0.1) is 47.6 Å². The lowest BCUT2D eigenvalue weighted by atomic mass is 9.98. The van der Waals surface area contributed by atoms with Crippen LogP contribution in [0.5, 0.6) is 0 Å². The van der Waals surface area contributed by atoms with Gasteiger partial charge >= 0.3 is 0 Å². The minimum atomic E-state index is -2.36. The standard InChI is InChI=1S/C18H32O16.C5H14NO.ClH/c19-1-5-8(22)11(25)13(27)16(31-5)30-3-7-9(23)12(26)14(28)17(32-7)34-18(4-21)15(29)10(24)6(2-20)33-18;1-6(2,3)4-5-7;/h5-17,19-29H,1-4H2;7H,4-5H2,1-3H3;1H/q;+1;/p-1/t5-,6-,7-,8+,9-,10-,11+,12+,13-,14-,15+,16+,17-,18+;;/m1../s1. The SMILES string of the molecule is C[N+](C)(C)CCO.OC[C@H]1O[C@H](OC[C@H]2O[C@H](O[C@]3(CO)O[C@H](CO)[C@@H](O)[C@@H]3O)[C@H](O)[C@@H](O)[C@@H]2O)[C@H](O)[C@@H](O)[C@H]1O.[Cl-]. The van der Waals surface area contributed by atoms with E-state index in [2.05, 4.69) is 21.1 Å². The lowest BCUT2D eigenvalue weighted by Crippen LogP contribution is -3.00. The quantitative estimate of drug-likeness (QED) is 0.0984. The molecule has 3 heterocycles. The molecular formula is C23H46ClNO17. The Labute approximate surface area is 248 Å². The van der Waals surface area contributed by atoms with Crippen molar-refractivity contribution in [3.63, 3.8) is 0 Å². The molecule has 0 unspecified atom stereocenters. The number of rotatable bonds is 10. The lowest BCUT2D eigenvalue weighted by molar-refractivity contribution is -0.870. The summed E-state index contributed by atoms with van der Waals surface area (Å²) in [6, 6.07) is 0. The molecule has 0 saturated carbocycles. The van der Waals surface area contributed by atoms with Crippen molar-refractivity contribution in [2.75, 3.05) is 60.7 Å². The van der Waals surface area contributed by atoms with Crippen molar-refractivity contribution in [3.05, 3.63) is 0 Å². The summed E-state index contributed by atoms with van der Waals surface area (Å²) in [5, 5.41) is 117. The topological polar surface area (TPSA) is 289 Å². The molecular weight excluding hydrogens is 598 g/mol. The normalized spacial score (nSPS) is 44.2. The van der Waals surface area contributed by atoms with Gasteiger partial charge in [0.1, 0.15) is 80.3 Å². The highest BCUT2D eigenvalue weighted by atomic mass is 35.5. The third-order valence-corrected chi connectivity index (χ3v) is 6.93. The Balaban J connectivity index is 0.000000981. The van der Waals surface area contributed by atoms with Gasteiger partial charge < -0.3 is 102 Å². The largest absolute Gasteiger partial charge is 1.00 e. The molecule has 19 heteroatoms. The first-order valence-electron chi connectivity index (χ1n) is 13.0. The van der Waals surface area contributed by atoms with Gasteiger partial charge in [-0.25, -0.2) is 0 Å². The van der Waals surface area contributed by atoms with Crippen molar-refractivity contribution in [1.82, 2.24) is 0 Å². The maximum absolute atomic E-state index is 10.3. The minimum absolute atomic E-state index is 0. The molecule has 0 aromatic carbocycles. The second-order valence-electron chi connectivity index (χ2n) is 11.1. The van der Waals surface area contributed by atoms with Crippen LogP contribution in [0.1, 0.15) is 0 Å². The molecule has 0 radical (unpaired) electrons. The Bertz CT molecular complexity index is 780. The van der Waals surface area contributed by atoms with Crippen LogP contribution in [0.3, 0.4) is 0 Å². The van der Waals surface area contributed by atoms with Gasteiger partial charge in [-0.1, -0.05) is 0 Å². The Kier molecular flexibility index (Phi) is 15.8. The fourth-order valence-electron chi connectivity index (χ4n) is 4.31. The Morgan fingerprint density at radius 3 is 1.57 bits per heavy atom. The van der Waals surface area contributed by atoms with Gasteiger partial charge in [-0.05, 0) is 0 Å². The van der Waals surface area contributed by atoms with Crippen LogP contribution in [-0.2, 0) is 23.7 Å². The Morgan fingerprint density at radius 2 is 1.14 bits per heavy atom. The predicted molar refractivity (Wildman–Crippen MR) is 131 cm³/mol. The van der Waals surface area contributed by atoms with Crippen LogP contribution < -0.4 is 12.4 Å². The number of aliphatic hydroxyl groups is 12. The summed E-state index contributed by atoms with van der Waals surface area (Å²) in [4.78, 5) is 0. The summed E-state index contributed by atoms with van der Waals surface area (Å²) in [7, 11) is 6.16. The van der Waals surface area contributed by atoms with E-state index in [1.807, 2.05) is 0 Å². The van der Waals surface area contributed by atoms with Crippen molar-refractivity contribution in [3.8, 4) is 0 Å². The van der Waals surface area contributed by atoms with E-state index < -0.39 is 112 Å². The van der Waals surface area contributed by atoms with Crippen LogP contribution in [0.4, 0.5) is 0 Å². The first kappa shape index (κ1) is 39.6. The number of quaternary nitrogens is 1. The predicted octanol–water partition coefficient (Wildman–Crippen LogP) is -10.9. The van der Waals surface area contributed by atoms with Crippen LogP contribution in [-0.4, -0.2) is 212 Å². The summed E-state index contributed by atoms with van der Waals surface area (Å²) < 4.78 is 27.3. The third kappa shape index (κ3) is 9.30. The van der Waals surface area contributed by atoms with Crippen LogP contribution in [0, 0.1) is 0 Å². The van der Waals surface area contributed by atoms with E-state index in [-0.39, 0.29) is 19.0 Å². The molecule has 3 saturated heterocycles. The molecule has 0 amide bonds. The summed E-state index contributed by atoms with van der Waals surface area (Å²) in [5.41, 5.74) is 0. The zero-order valence-electron chi connectivity index (χ0n) is 23.5. The fourth-order valence-corrected chi connectivity index (χ4v) is 4.31. The molecule has 42 heavy (non-hydrogen) atoms. The van der Waals surface area contributed by atoms with Gasteiger partial charge in [0.2, 0.25) is 5.79 Å². The van der Waals surface area contributed by atoms with E-state index in [1.54, 1.807) is 0 Å². The molecule has 252 valence electrons. The molecule has 3 fully saturated rings. The number of nitrogens with zero attached hydrogens (tertiary/aromatic N) is 1. The molecule has 3 aliphatic heterocycles. The third-order valence-electron chi connectivity index (χ3n) is 6.93. The van der Waals surface area contributed by atoms with Crippen molar-refractivity contribution in [2.45, 2.75) is 85.5 Å². The zero-order chi connectivity index (χ0) is 31.3. The van der Waals surface area contributed by atoms with Gasteiger partial charge in [0.25, 0.3) is 0 Å². The molecule has 0 spiro atoms. The van der Waals surface area contributed by atoms with Gasteiger partial charge in [0, 0.05) is 0 Å². The maximum atomic E-state index is 10.3. The van der Waals surface area contributed by atoms with E-state index in [4.69, 9.17) is 28.8 Å². The van der Waals surface area contributed by atoms with Gasteiger partial charge in [-0.3, -0.25) is 0 Å². The first-order valence-corrected chi connectivity index (χ1v) is 13.0. The van der Waals surface area contributed by atoms with E-state index in [9.17, 15) is 56.2 Å². The highest BCUT2D eigenvalue weighted by Gasteiger charge is 2.58. The average molecular weight is 644 g/mol. The first-order chi connectivity index (χ1) is 19.1. The number of likely N-dealkylation sites (N-methyl/N-ethyl adjacent to an activating group) is 1. The van der Waals surface area contributed by atoms with Crippen LogP contribution in [0.15, 0.2) is 0 Å². The monoisotopic (exact) mass is 643 g/mol. The molecule has 0 aromatic rings. The van der Waals surface area contributed by atoms with Gasteiger partial charge in [0.15, 0.2) is 12.6 Å². The molecule has 0 bridgehead atoms. The molecule has 18 nitrogen and oxygen atoms in total. The van der Waals surface area contributed by atoms with E-state index in [1.165, 1.54) is 0 Å². The van der Waals surface area contributed by atoms with Crippen molar-refractivity contribution in [1.29, 1.82) is 0 Å². The van der Waals surface area contributed by atoms with Gasteiger partial charge in [-0.15, -0.1) is 0 Å². The average Bonchev–Trinajstić information content (AvgIpc) is 3.17. The van der Waals surface area contributed by atoms with Crippen LogP contribution in [0.2, 0.25) is 0 Å². The number of aliphatic hydroxyl groups excluding tert-OH is 12.